The van der Waals surface area contributed by atoms with Crippen LogP contribution in [0.2, 0.25) is 0 Å². The van der Waals surface area contributed by atoms with Crippen molar-refractivity contribution in [3.05, 3.63) is 29.8 Å². The Morgan fingerprint density at radius 2 is 2.00 bits per heavy atom. The number of aliphatic hydroxyl groups excluding tert-OH is 1. The zero-order chi connectivity index (χ0) is 10.1. The number of hydrogen-bond acceptors (Lipinski definition) is 2. The summed E-state index contributed by atoms with van der Waals surface area (Å²) in [5, 5.41) is 9.68. The average molecular weight is 191 g/mol. The Hall–Kier alpha value is -1.02. The summed E-state index contributed by atoms with van der Waals surface area (Å²) in [7, 11) is 0. The second kappa shape index (κ2) is 3.62. The maximum absolute atomic E-state index is 9.68. The molecule has 0 radical (unpaired) electrons. The van der Waals surface area contributed by atoms with Gasteiger partial charge in [0.15, 0.2) is 0 Å². The Labute approximate surface area is 85.2 Å². The molecule has 0 aliphatic carbocycles. The van der Waals surface area contributed by atoms with Crippen LogP contribution in [0.4, 0.5) is 5.69 Å². The fourth-order valence-electron chi connectivity index (χ4n) is 2.06. The van der Waals surface area contributed by atoms with Crippen LogP contribution in [0, 0.1) is 12.8 Å². The lowest BCUT2D eigenvalue weighted by Crippen LogP contribution is -2.21. The lowest BCUT2D eigenvalue weighted by molar-refractivity contribution is 0.157. The first-order valence-corrected chi connectivity index (χ1v) is 5.17. The van der Waals surface area contributed by atoms with Gasteiger partial charge in [0.05, 0.1) is 6.10 Å². The molecule has 1 saturated heterocycles. The van der Waals surface area contributed by atoms with Crippen molar-refractivity contribution in [3.63, 3.8) is 0 Å². The third-order valence-corrected chi connectivity index (χ3v) is 3.03. The molecule has 2 nitrogen and oxygen atoms in total. The van der Waals surface area contributed by atoms with Gasteiger partial charge in [-0.2, -0.15) is 0 Å². The molecule has 14 heavy (non-hydrogen) atoms. The van der Waals surface area contributed by atoms with Crippen LogP contribution in [0.25, 0.3) is 0 Å². The van der Waals surface area contributed by atoms with Gasteiger partial charge in [0, 0.05) is 24.7 Å². The minimum absolute atomic E-state index is 0.172. The first kappa shape index (κ1) is 9.53. The quantitative estimate of drug-likeness (QED) is 0.732. The first-order valence-electron chi connectivity index (χ1n) is 5.17. The van der Waals surface area contributed by atoms with Crippen molar-refractivity contribution in [2.75, 3.05) is 18.0 Å². The molecule has 0 saturated carbocycles. The predicted molar refractivity (Wildman–Crippen MR) is 58.6 cm³/mol. The van der Waals surface area contributed by atoms with Crippen LogP contribution in [0.15, 0.2) is 24.3 Å². The third kappa shape index (κ3) is 1.62. The van der Waals surface area contributed by atoms with Crippen LogP contribution >= 0.6 is 0 Å². The highest BCUT2D eigenvalue weighted by Gasteiger charge is 2.28. The van der Waals surface area contributed by atoms with Crippen molar-refractivity contribution >= 4 is 5.69 Å². The Kier molecular flexibility index (Phi) is 2.46. The van der Waals surface area contributed by atoms with Gasteiger partial charge in [-0.15, -0.1) is 0 Å². The lowest BCUT2D eigenvalue weighted by atomic mass is 10.1. The standard InChI is InChI=1S/C12H17NO/c1-9-5-3-4-6-11(9)13-7-10(2)12(14)8-13/h3-6,10,12,14H,7-8H2,1-2H3/t10-,12+/m1/s1. The van der Waals surface area contributed by atoms with E-state index >= 15 is 0 Å². The van der Waals surface area contributed by atoms with Gasteiger partial charge in [-0.25, -0.2) is 0 Å². The van der Waals surface area contributed by atoms with Gasteiger partial charge in [-0.3, -0.25) is 0 Å². The highest BCUT2D eigenvalue weighted by Crippen LogP contribution is 2.26. The average Bonchev–Trinajstić information content (AvgIpc) is 2.48. The topological polar surface area (TPSA) is 23.5 Å². The predicted octanol–water partition coefficient (Wildman–Crippen LogP) is 1.81. The largest absolute Gasteiger partial charge is 0.391 e. The van der Waals surface area contributed by atoms with Crippen molar-refractivity contribution in [2.45, 2.75) is 20.0 Å². The van der Waals surface area contributed by atoms with E-state index in [-0.39, 0.29) is 6.10 Å². The van der Waals surface area contributed by atoms with Gasteiger partial charge >= 0.3 is 0 Å². The summed E-state index contributed by atoms with van der Waals surface area (Å²) < 4.78 is 0. The third-order valence-electron chi connectivity index (χ3n) is 3.03. The number of para-hydroxylation sites is 1. The molecule has 1 aromatic carbocycles. The summed E-state index contributed by atoms with van der Waals surface area (Å²) in [6, 6.07) is 8.34. The Bertz CT molecular complexity index is 314. The number of hydrogen-bond donors (Lipinski definition) is 1. The maximum atomic E-state index is 9.68. The van der Waals surface area contributed by atoms with Crippen LogP contribution in [-0.2, 0) is 0 Å². The molecule has 0 unspecified atom stereocenters. The monoisotopic (exact) mass is 191 g/mol. The lowest BCUT2D eigenvalue weighted by Gasteiger charge is -2.20. The van der Waals surface area contributed by atoms with Gasteiger partial charge in [0.2, 0.25) is 0 Å². The van der Waals surface area contributed by atoms with Crippen LogP contribution in [0.3, 0.4) is 0 Å². The summed E-state index contributed by atoms with van der Waals surface area (Å²) in [4.78, 5) is 2.27. The second-order valence-electron chi connectivity index (χ2n) is 4.24. The summed E-state index contributed by atoms with van der Waals surface area (Å²) >= 11 is 0. The molecule has 0 aromatic heterocycles. The normalized spacial score (nSPS) is 26.9. The van der Waals surface area contributed by atoms with Crippen molar-refractivity contribution < 1.29 is 5.11 Å². The van der Waals surface area contributed by atoms with Gasteiger partial charge < -0.3 is 10.0 Å². The van der Waals surface area contributed by atoms with E-state index in [2.05, 4.69) is 43.0 Å². The van der Waals surface area contributed by atoms with Crippen LogP contribution in [-0.4, -0.2) is 24.3 Å². The van der Waals surface area contributed by atoms with Crippen LogP contribution in [0.1, 0.15) is 12.5 Å². The van der Waals surface area contributed by atoms with Crippen molar-refractivity contribution in [2.24, 2.45) is 5.92 Å². The maximum Gasteiger partial charge on any atom is 0.0757 e. The van der Waals surface area contributed by atoms with E-state index in [1.165, 1.54) is 11.3 Å². The van der Waals surface area contributed by atoms with Gasteiger partial charge in [0.25, 0.3) is 0 Å². The molecule has 1 aliphatic heterocycles. The summed E-state index contributed by atoms with van der Waals surface area (Å²) in [5.41, 5.74) is 2.55. The molecular weight excluding hydrogens is 174 g/mol. The zero-order valence-corrected chi connectivity index (χ0v) is 8.77. The number of benzene rings is 1. The van der Waals surface area contributed by atoms with E-state index in [9.17, 15) is 5.11 Å². The molecule has 0 bridgehead atoms. The Balaban J connectivity index is 2.21. The molecule has 76 valence electrons. The van der Waals surface area contributed by atoms with E-state index in [0.29, 0.717) is 5.92 Å². The van der Waals surface area contributed by atoms with Gasteiger partial charge in [0.1, 0.15) is 0 Å². The number of anilines is 1. The number of rotatable bonds is 1. The molecule has 2 atom stereocenters. The summed E-state index contributed by atoms with van der Waals surface area (Å²) in [6.45, 7) is 5.95. The van der Waals surface area contributed by atoms with E-state index in [1.807, 2.05) is 0 Å². The summed E-state index contributed by atoms with van der Waals surface area (Å²) in [6.07, 6.45) is -0.172. The minimum Gasteiger partial charge on any atom is -0.391 e. The molecule has 0 amide bonds. The highest BCUT2D eigenvalue weighted by molar-refractivity contribution is 5.53. The molecule has 1 aliphatic rings. The highest BCUT2D eigenvalue weighted by atomic mass is 16.3. The molecule has 1 fully saturated rings. The fraction of sp³-hybridized carbons (Fsp3) is 0.500. The zero-order valence-electron chi connectivity index (χ0n) is 8.77. The van der Waals surface area contributed by atoms with E-state index in [1.54, 1.807) is 0 Å². The first-order chi connectivity index (χ1) is 6.68. The van der Waals surface area contributed by atoms with E-state index in [0.717, 1.165) is 13.1 Å². The molecular formula is C12H17NO. The van der Waals surface area contributed by atoms with E-state index < -0.39 is 0 Å². The molecule has 2 rings (SSSR count). The number of aliphatic hydroxyl groups is 1. The van der Waals surface area contributed by atoms with Crippen molar-refractivity contribution in [1.29, 1.82) is 0 Å². The van der Waals surface area contributed by atoms with Gasteiger partial charge in [-0.05, 0) is 18.6 Å². The SMILES string of the molecule is Cc1ccccc1N1C[C@@H](C)[C@@H](O)C1. The molecule has 1 heterocycles. The fourth-order valence-corrected chi connectivity index (χ4v) is 2.06. The smallest absolute Gasteiger partial charge is 0.0757 e. The number of nitrogens with zero attached hydrogens (tertiary/aromatic N) is 1. The Morgan fingerprint density at radius 1 is 1.29 bits per heavy atom. The van der Waals surface area contributed by atoms with Gasteiger partial charge in [-0.1, -0.05) is 25.1 Å². The van der Waals surface area contributed by atoms with Crippen molar-refractivity contribution in [1.82, 2.24) is 0 Å². The van der Waals surface area contributed by atoms with Crippen molar-refractivity contribution in [3.8, 4) is 0 Å². The minimum atomic E-state index is -0.172. The number of aryl methyl sites for hydroxylation is 1. The van der Waals surface area contributed by atoms with Crippen LogP contribution in [0.5, 0.6) is 0 Å². The van der Waals surface area contributed by atoms with Crippen LogP contribution < -0.4 is 4.90 Å². The molecule has 2 heteroatoms. The Morgan fingerprint density at radius 3 is 2.57 bits per heavy atom. The second-order valence-corrected chi connectivity index (χ2v) is 4.24. The molecule has 1 N–H and O–H groups in total. The number of β-amino-alcohol motifs (C(OH)–C–C–N with tert-alkyl or cyclic N) is 1. The molecule has 1 aromatic rings. The molecule has 0 spiro atoms. The van der Waals surface area contributed by atoms with E-state index in [4.69, 9.17) is 0 Å². The summed E-state index contributed by atoms with van der Waals surface area (Å²) in [5.74, 6) is 0.384.